The van der Waals surface area contributed by atoms with Crippen LogP contribution in [0.25, 0.3) is 5.57 Å². The number of hydrogen-bond donors (Lipinski definition) is 1. The first-order valence-electron chi connectivity index (χ1n) is 10.7. The lowest BCUT2D eigenvalue weighted by Crippen LogP contribution is -2.35. The van der Waals surface area contributed by atoms with E-state index < -0.39 is 0 Å². The Morgan fingerprint density at radius 3 is 2.25 bits per heavy atom. The summed E-state index contributed by atoms with van der Waals surface area (Å²) in [6.07, 6.45) is 4.40. The zero-order chi connectivity index (χ0) is 21.9. The molecule has 0 saturated heterocycles. The minimum atomic E-state index is -0.101. The summed E-state index contributed by atoms with van der Waals surface area (Å²) in [4.78, 5) is 28.7. The number of rotatable bonds is 3. The minimum Gasteiger partial charge on any atom is -0.333 e. The summed E-state index contributed by atoms with van der Waals surface area (Å²) >= 11 is 0. The number of carbonyl (C=O) groups excluding carboxylic acids is 2. The van der Waals surface area contributed by atoms with Crippen molar-refractivity contribution in [2.24, 2.45) is 0 Å². The smallest absolute Gasteiger partial charge is 0.322 e. The number of fused-ring (bicyclic) bond motifs is 1. The Labute approximate surface area is 186 Å². The van der Waals surface area contributed by atoms with Crippen LogP contribution in [0.15, 0.2) is 72.9 Å². The molecule has 1 aromatic heterocycles. The van der Waals surface area contributed by atoms with Crippen molar-refractivity contribution < 1.29 is 9.59 Å². The van der Waals surface area contributed by atoms with Crippen LogP contribution in [0.4, 0.5) is 10.5 Å². The fraction of sp³-hybridized carbons (Fsp3) is 0.200. The van der Waals surface area contributed by atoms with E-state index in [1.807, 2.05) is 41.3 Å². The maximum Gasteiger partial charge on any atom is 0.322 e. The third-order valence-electron chi connectivity index (χ3n) is 5.92. The van der Waals surface area contributed by atoms with Crippen molar-refractivity contribution in [3.05, 3.63) is 95.3 Å². The molecule has 3 aromatic rings. The van der Waals surface area contributed by atoms with Crippen molar-refractivity contribution in [3.8, 4) is 0 Å². The van der Waals surface area contributed by atoms with Crippen LogP contribution in [-0.2, 0) is 13.1 Å². The molecule has 2 aliphatic heterocycles. The number of carbonyl (C=O) groups is 2. The van der Waals surface area contributed by atoms with Crippen LogP contribution in [0.5, 0.6) is 0 Å². The number of nitrogens with one attached hydrogen (secondary N) is 1. The molecule has 32 heavy (non-hydrogen) atoms. The topological polar surface area (TPSA) is 78.4 Å². The molecule has 0 aliphatic carbocycles. The maximum absolute atomic E-state index is 12.6. The monoisotopic (exact) mass is 425 g/mol. The highest BCUT2D eigenvalue weighted by Crippen LogP contribution is 2.26. The van der Waals surface area contributed by atoms with E-state index in [9.17, 15) is 9.59 Å². The van der Waals surface area contributed by atoms with Crippen molar-refractivity contribution in [2.45, 2.75) is 19.5 Å². The summed E-state index contributed by atoms with van der Waals surface area (Å²) in [5.74, 6) is -0.101. The lowest BCUT2D eigenvalue weighted by molar-refractivity contribution is 0.0765. The molecule has 0 unspecified atom stereocenters. The molecule has 5 rings (SSSR count). The molecule has 3 amide bonds. The molecule has 2 aliphatic rings. The highest BCUT2D eigenvalue weighted by molar-refractivity contribution is 5.93. The molecule has 0 radical (unpaired) electrons. The van der Waals surface area contributed by atoms with E-state index >= 15 is 0 Å². The van der Waals surface area contributed by atoms with Gasteiger partial charge in [-0.2, -0.15) is 5.10 Å². The molecule has 0 atom stereocenters. The van der Waals surface area contributed by atoms with Gasteiger partial charge in [0.05, 0.1) is 0 Å². The van der Waals surface area contributed by atoms with E-state index in [1.165, 1.54) is 16.7 Å². The molecule has 1 N–H and O–H groups in total. The molecule has 3 heterocycles. The highest BCUT2D eigenvalue weighted by Gasteiger charge is 2.23. The Bertz CT molecular complexity index is 1150. The Hall–Kier alpha value is -4.00. The number of benzene rings is 2. The molecular formula is C25H23N5O2. The lowest BCUT2D eigenvalue weighted by Gasteiger charge is -2.26. The Morgan fingerprint density at radius 2 is 1.62 bits per heavy atom. The molecule has 0 saturated carbocycles. The Balaban J connectivity index is 1.19. The van der Waals surface area contributed by atoms with Gasteiger partial charge in [-0.25, -0.2) is 4.79 Å². The molecule has 0 spiro atoms. The average molecular weight is 425 g/mol. The summed E-state index contributed by atoms with van der Waals surface area (Å²) in [5.41, 5.74) is 5.84. The lowest BCUT2D eigenvalue weighted by atomic mass is 9.99. The fourth-order valence-electron chi connectivity index (χ4n) is 4.14. The number of nitrogens with zero attached hydrogens (tertiary/aromatic N) is 4. The van der Waals surface area contributed by atoms with Gasteiger partial charge in [0.25, 0.3) is 5.91 Å². The predicted molar refractivity (Wildman–Crippen MR) is 122 cm³/mol. The molecule has 160 valence electrons. The zero-order valence-corrected chi connectivity index (χ0v) is 17.6. The number of urea groups is 1. The van der Waals surface area contributed by atoms with Crippen molar-refractivity contribution in [2.75, 3.05) is 18.4 Å². The largest absolute Gasteiger partial charge is 0.333 e. The first kappa shape index (κ1) is 19.9. The normalized spacial score (nSPS) is 15.2. The average Bonchev–Trinajstić information content (AvgIpc) is 3.29. The van der Waals surface area contributed by atoms with E-state index in [1.54, 1.807) is 23.2 Å². The highest BCUT2D eigenvalue weighted by atomic mass is 16.2. The van der Waals surface area contributed by atoms with Crippen LogP contribution in [0.2, 0.25) is 0 Å². The molecule has 7 heteroatoms. The fourth-order valence-corrected chi connectivity index (χ4v) is 4.14. The van der Waals surface area contributed by atoms with Gasteiger partial charge >= 0.3 is 6.03 Å². The summed E-state index contributed by atoms with van der Waals surface area (Å²) < 4.78 is 0. The molecular weight excluding hydrogens is 402 g/mol. The van der Waals surface area contributed by atoms with Crippen LogP contribution in [0, 0.1) is 0 Å². The van der Waals surface area contributed by atoms with Gasteiger partial charge in [-0.3, -0.25) is 4.79 Å². The Morgan fingerprint density at radius 1 is 0.875 bits per heavy atom. The van der Waals surface area contributed by atoms with E-state index in [0.29, 0.717) is 31.9 Å². The van der Waals surface area contributed by atoms with E-state index in [2.05, 4.69) is 33.7 Å². The first-order valence-corrected chi connectivity index (χ1v) is 10.7. The maximum atomic E-state index is 12.6. The summed E-state index contributed by atoms with van der Waals surface area (Å²) in [5, 5.41) is 10.7. The van der Waals surface area contributed by atoms with Gasteiger partial charge in [0.1, 0.15) is 0 Å². The summed E-state index contributed by atoms with van der Waals surface area (Å²) in [6, 6.07) is 19.3. The second-order valence-electron chi connectivity index (χ2n) is 7.97. The van der Waals surface area contributed by atoms with Crippen molar-refractivity contribution in [3.63, 3.8) is 0 Å². The summed E-state index contributed by atoms with van der Waals surface area (Å²) in [6.45, 7) is 2.45. The minimum absolute atomic E-state index is 0.0935. The molecule has 2 aromatic carbocycles. The number of amides is 3. The second kappa shape index (κ2) is 8.63. The Kier molecular flexibility index (Phi) is 5.37. The van der Waals surface area contributed by atoms with Crippen LogP contribution in [0.1, 0.15) is 33.6 Å². The number of aromatic nitrogens is 2. The predicted octanol–water partition coefficient (Wildman–Crippen LogP) is 3.95. The van der Waals surface area contributed by atoms with E-state index in [4.69, 9.17) is 0 Å². The third-order valence-corrected chi connectivity index (χ3v) is 5.92. The van der Waals surface area contributed by atoms with Crippen LogP contribution in [0.3, 0.4) is 0 Å². The van der Waals surface area contributed by atoms with Gasteiger partial charge < -0.3 is 15.1 Å². The zero-order valence-electron chi connectivity index (χ0n) is 17.6. The molecule has 0 bridgehead atoms. The molecule has 0 fully saturated rings. The van der Waals surface area contributed by atoms with Gasteiger partial charge in [0.15, 0.2) is 5.69 Å². The van der Waals surface area contributed by atoms with Crippen molar-refractivity contribution in [1.82, 2.24) is 20.0 Å². The van der Waals surface area contributed by atoms with E-state index in [-0.39, 0.29) is 11.9 Å². The van der Waals surface area contributed by atoms with Gasteiger partial charge in [-0.05, 0) is 52.9 Å². The van der Waals surface area contributed by atoms with Crippen LogP contribution >= 0.6 is 0 Å². The third kappa shape index (κ3) is 4.09. The van der Waals surface area contributed by atoms with Gasteiger partial charge in [-0.1, -0.05) is 42.5 Å². The molecule has 7 nitrogen and oxygen atoms in total. The summed E-state index contributed by atoms with van der Waals surface area (Å²) in [7, 11) is 0. The SMILES string of the molecule is O=C(Nc1ccc(C2=CCN(C(=O)c3cccnn3)CC2)cc1)N1Cc2ccccc2C1. The van der Waals surface area contributed by atoms with Gasteiger partial charge in [-0.15, -0.1) is 5.10 Å². The standard InChI is InChI=1S/C25H23N5O2/c31-24(23-6-3-13-26-28-23)29-14-11-19(12-15-29)18-7-9-22(10-8-18)27-25(32)30-16-20-4-1-2-5-21(20)17-30/h1-11,13H,12,14-17H2,(H,27,32). The van der Waals surface area contributed by atoms with Crippen molar-refractivity contribution in [1.29, 1.82) is 0 Å². The quantitative estimate of drug-likeness (QED) is 0.689. The van der Waals surface area contributed by atoms with Crippen LogP contribution < -0.4 is 5.32 Å². The number of anilines is 1. The van der Waals surface area contributed by atoms with E-state index in [0.717, 1.165) is 17.7 Å². The van der Waals surface area contributed by atoms with Crippen molar-refractivity contribution >= 4 is 23.2 Å². The van der Waals surface area contributed by atoms with Crippen LogP contribution in [-0.4, -0.2) is 45.0 Å². The van der Waals surface area contributed by atoms with Gasteiger partial charge in [0.2, 0.25) is 0 Å². The number of hydrogen-bond acceptors (Lipinski definition) is 4. The van der Waals surface area contributed by atoms with Gasteiger partial charge in [0, 0.05) is 38.1 Å². The first-order chi connectivity index (χ1) is 15.7. The second-order valence-corrected chi connectivity index (χ2v) is 7.97.